The summed E-state index contributed by atoms with van der Waals surface area (Å²) in [5.74, 6) is 0. The summed E-state index contributed by atoms with van der Waals surface area (Å²) in [5.41, 5.74) is 5.04. The fourth-order valence-corrected chi connectivity index (χ4v) is 1.14. The van der Waals surface area contributed by atoms with Crippen molar-refractivity contribution < 1.29 is 19.2 Å². The minimum absolute atomic E-state index is 0.170. The first-order valence-electron chi connectivity index (χ1n) is 4.40. The third-order valence-corrected chi connectivity index (χ3v) is 2.06. The van der Waals surface area contributed by atoms with Gasteiger partial charge in [0.1, 0.15) is 6.61 Å². The van der Waals surface area contributed by atoms with Crippen LogP contribution >= 0.6 is 0 Å². The monoisotopic (exact) mass is 203 g/mol. The van der Waals surface area contributed by atoms with Crippen LogP contribution in [0.25, 0.3) is 0 Å². The molecule has 0 saturated carbocycles. The van der Waals surface area contributed by atoms with Gasteiger partial charge < -0.3 is 9.47 Å². The van der Waals surface area contributed by atoms with E-state index in [0.717, 1.165) is 0 Å². The predicted molar refractivity (Wildman–Crippen MR) is 44.6 cm³/mol. The molecule has 0 aromatic rings. The topological polar surface area (TPSA) is 72.1 Å². The Morgan fingerprint density at radius 3 is 2.86 bits per heavy atom. The number of ether oxygens (including phenoxy) is 2. The SMILES string of the molecule is CC1(NONN2CCOC2=O)COC1. The number of nitrogens with zero attached hydrogens (tertiary/aromatic N) is 1. The van der Waals surface area contributed by atoms with Crippen LogP contribution in [-0.4, -0.2) is 43.0 Å². The van der Waals surface area contributed by atoms with Gasteiger partial charge in [0.25, 0.3) is 0 Å². The Bertz CT molecular complexity index is 231. The lowest BCUT2D eigenvalue weighted by atomic mass is 10.0. The fourth-order valence-electron chi connectivity index (χ4n) is 1.14. The molecule has 2 heterocycles. The summed E-state index contributed by atoms with van der Waals surface area (Å²) in [7, 11) is 0. The van der Waals surface area contributed by atoms with Gasteiger partial charge >= 0.3 is 6.09 Å². The number of amides is 1. The molecular weight excluding hydrogens is 190 g/mol. The highest BCUT2D eigenvalue weighted by Crippen LogP contribution is 2.14. The van der Waals surface area contributed by atoms with Gasteiger partial charge in [-0.05, 0) is 6.92 Å². The average molecular weight is 203 g/mol. The van der Waals surface area contributed by atoms with E-state index in [9.17, 15) is 4.79 Å². The molecule has 0 spiro atoms. The largest absolute Gasteiger partial charge is 0.446 e. The normalized spacial score (nSPS) is 24.6. The molecule has 0 aromatic heterocycles. The van der Waals surface area contributed by atoms with Gasteiger partial charge in [-0.15, -0.1) is 0 Å². The molecular formula is C7H13N3O4. The lowest BCUT2D eigenvalue weighted by molar-refractivity contribution is -0.195. The van der Waals surface area contributed by atoms with Crippen LogP contribution in [0.5, 0.6) is 0 Å². The van der Waals surface area contributed by atoms with Crippen LogP contribution in [0.2, 0.25) is 0 Å². The maximum Gasteiger partial charge on any atom is 0.426 e. The van der Waals surface area contributed by atoms with Crippen LogP contribution < -0.4 is 11.1 Å². The summed E-state index contributed by atoms with van der Waals surface area (Å²) in [4.78, 5) is 15.9. The molecule has 2 fully saturated rings. The molecule has 2 aliphatic rings. The van der Waals surface area contributed by atoms with Crippen LogP contribution in [-0.2, 0) is 14.4 Å². The van der Waals surface area contributed by atoms with Gasteiger partial charge in [0.15, 0.2) is 0 Å². The number of carbonyl (C=O) groups is 1. The second kappa shape index (κ2) is 3.70. The molecule has 80 valence electrons. The summed E-state index contributed by atoms with van der Waals surface area (Å²) in [5, 5.41) is 1.25. The van der Waals surface area contributed by atoms with Gasteiger partial charge in [-0.3, -0.25) is 0 Å². The van der Waals surface area contributed by atoms with Crippen molar-refractivity contribution in [1.29, 1.82) is 0 Å². The minimum atomic E-state index is -0.429. The van der Waals surface area contributed by atoms with Crippen molar-refractivity contribution in [3.8, 4) is 0 Å². The first-order chi connectivity index (χ1) is 6.70. The summed E-state index contributed by atoms with van der Waals surface area (Å²) in [6.45, 7) is 4.02. The third kappa shape index (κ3) is 1.95. The maximum atomic E-state index is 10.9. The van der Waals surface area contributed by atoms with E-state index in [-0.39, 0.29) is 5.54 Å². The van der Waals surface area contributed by atoms with Gasteiger partial charge in [-0.2, -0.15) is 10.4 Å². The number of rotatable bonds is 4. The molecule has 0 aromatic carbocycles. The van der Waals surface area contributed by atoms with E-state index >= 15 is 0 Å². The maximum absolute atomic E-state index is 10.9. The molecule has 0 radical (unpaired) electrons. The van der Waals surface area contributed by atoms with Crippen molar-refractivity contribution in [2.45, 2.75) is 12.5 Å². The smallest absolute Gasteiger partial charge is 0.426 e. The van der Waals surface area contributed by atoms with E-state index in [1.165, 1.54) is 5.01 Å². The molecule has 0 aliphatic carbocycles. The molecule has 2 N–H and O–H groups in total. The standard InChI is InChI=1S/C7H13N3O4/c1-7(4-12-5-7)8-14-9-10-2-3-13-6(10)11/h8-9H,2-5H2,1H3. The van der Waals surface area contributed by atoms with Crippen molar-refractivity contribution >= 4 is 6.09 Å². The predicted octanol–water partition coefficient (Wildman–Crippen LogP) is -0.832. The van der Waals surface area contributed by atoms with Crippen molar-refractivity contribution in [2.24, 2.45) is 0 Å². The second-order valence-corrected chi connectivity index (χ2v) is 3.61. The zero-order chi connectivity index (χ0) is 10.0. The van der Waals surface area contributed by atoms with E-state index in [4.69, 9.17) is 9.68 Å². The van der Waals surface area contributed by atoms with Crippen LogP contribution in [0.1, 0.15) is 6.92 Å². The van der Waals surface area contributed by atoms with Gasteiger partial charge in [0.05, 0.1) is 25.3 Å². The molecule has 14 heavy (non-hydrogen) atoms. The summed E-state index contributed by atoms with van der Waals surface area (Å²) in [6, 6.07) is 0. The molecule has 2 rings (SSSR count). The first-order valence-corrected chi connectivity index (χ1v) is 4.40. The van der Waals surface area contributed by atoms with Gasteiger partial charge in [0, 0.05) is 0 Å². The van der Waals surface area contributed by atoms with Gasteiger partial charge in [0.2, 0.25) is 0 Å². The molecule has 2 aliphatic heterocycles. The summed E-state index contributed by atoms with van der Waals surface area (Å²) >= 11 is 0. The molecule has 7 heteroatoms. The zero-order valence-electron chi connectivity index (χ0n) is 7.91. The Kier molecular flexibility index (Phi) is 2.55. The average Bonchev–Trinajstić information content (AvgIpc) is 2.49. The van der Waals surface area contributed by atoms with Crippen molar-refractivity contribution in [3.05, 3.63) is 0 Å². The lowest BCUT2D eigenvalue weighted by Crippen LogP contribution is -2.60. The highest BCUT2D eigenvalue weighted by molar-refractivity contribution is 5.68. The number of hydrogen-bond donors (Lipinski definition) is 2. The number of nitrogens with one attached hydrogen (secondary N) is 2. The van der Waals surface area contributed by atoms with Gasteiger partial charge in [-0.1, -0.05) is 5.59 Å². The molecule has 0 atom stereocenters. The summed E-state index contributed by atoms with van der Waals surface area (Å²) in [6.07, 6.45) is -0.429. The van der Waals surface area contributed by atoms with Crippen LogP contribution in [0, 0.1) is 0 Å². The van der Waals surface area contributed by atoms with Crippen LogP contribution in [0.3, 0.4) is 0 Å². The number of cyclic esters (lactones) is 1. The van der Waals surface area contributed by atoms with Crippen molar-refractivity contribution in [2.75, 3.05) is 26.4 Å². The Morgan fingerprint density at radius 2 is 2.36 bits per heavy atom. The molecule has 0 bridgehead atoms. The van der Waals surface area contributed by atoms with E-state index in [2.05, 4.69) is 15.8 Å². The number of carbonyl (C=O) groups excluding carboxylic acids is 1. The van der Waals surface area contributed by atoms with E-state index in [1.54, 1.807) is 0 Å². The van der Waals surface area contributed by atoms with Crippen molar-refractivity contribution in [1.82, 2.24) is 16.1 Å². The first kappa shape index (κ1) is 9.66. The third-order valence-electron chi connectivity index (χ3n) is 2.06. The highest BCUT2D eigenvalue weighted by Gasteiger charge is 2.34. The van der Waals surface area contributed by atoms with E-state index < -0.39 is 6.09 Å². The Hall–Kier alpha value is -0.890. The highest BCUT2D eigenvalue weighted by atomic mass is 16.8. The Morgan fingerprint density at radius 1 is 1.57 bits per heavy atom. The molecule has 1 amide bonds. The fraction of sp³-hybridized carbons (Fsp3) is 0.857. The Balaban J connectivity index is 1.65. The van der Waals surface area contributed by atoms with Crippen molar-refractivity contribution in [3.63, 3.8) is 0 Å². The Labute approximate surface area is 81.2 Å². The number of hydrogen-bond acceptors (Lipinski definition) is 6. The molecule has 7 nitrogen and oxygen atoms in total. The lowest BCUT2D eigenvalue weighted by Gasteiger charge is -2.37. The second-order valence-electron chi connectivity index (χ2n) is 3.61. The molecule has 0 unspecified atom stereocenters. The minimum Gasteiger partial charge on any atom is -0.446 e. The van der Waals surface area contributed by atoms with Crippen LogP contribution in [0.4, 0.5) is 4.79 Å². The summed E-state index contributed by atoms with van der Waals surface area (Å²) < 4.78 is 9.69. The molecule has 2 saturated heterocycles. The zero-order valence-corrected chi connectivity index (χ0v) is 7.91. The van der Waals surface area contributed by atoms with E-state index in [1.807, 2.05) is 6.92 Å². The number of hydroxylamine groups is 1. The quantitative estimate of drug-likeness (QED) is 0.581. The number of hydrazine groups is 1. The van der Waals surface area contributed by atoms with Gasteiger partial charge in [-0.25, -0.2) is 9.80 Å². The van der Waals surface area contributed by atoms with E-state index in [0.29, 0.717) is 26.4 Å². The van der Waals surface area contributed by atoms with Crippen LogP contribution in [0.15, 0.2) is 0 Å².